The summed E-state index contributed by atoms with van der Waals surface area (Å²) in [6.07, 6.45) is 2.26. The molecule has 1 fully saturated rings. The zero-order valence-corrected chi connectivity index (χ0v) is 14.9. The summed E-state index contributed by atoms with van der Waals surface area (Å²) in [4.78, 5) is 13.0. The highest BCUT2D eigenvalue weighted by molar-refractivity contribution is 9.10. The zero-order chi connectivity index (χ0) is 16.9. The van der Waals surface area contributed by atoms with Gasteiger partial charge in [-0.3, -0.25) is 15.0 Å². The Morgan fingerprint density at radius 2 is 2.04 bits per heavy atom. The van der Waals surface area contributed by atoms with Gasteiger partial charge in [0.2, 0.25) is 0 Å². The molecule has 1 heterocycles. The summed E-state index contributed by atoms with van der Waals surface area (Å²) < 4.78 is 0.509. The van der Waals surface area contributed by atoms with Crippen LogP contribution in [-0.4, -0.2) is 29.0 Å². The van der Waals surface area contributed by atoms with Gasteiger partial charge in [0, 0.05) is 30.9 Å². The number of hydrogen-bond acceptors (Lipinski definition) is 4. The minimum atomic E-state index is -0.379. The second-order valence-electron chi connectivity index (χ2n) is 6.13. The Bertz CT molecular complexity index is 709. The molecule has 5 nitrogen and oxygen atoms in total. The van der Waals surface area contributed by atoms with Crippen LogP contribution in [0.1, 0.15) is 18.4 Å². The van der Waals surface area contributed by atoms with E-state index in [0.717, 1.165) is 38.2 Å². The van der Waals surface area contributed by atoms with Gasteiger partial charge in [-0.25, -0.2) is 0 Å². The molecule has 2 aromatic rings. The van der Waals surface area contributed by atoms with Crippen LogP contribution in [0.25, 0.3) is 0 Å². The third-order valence-electron chi connectivity index (χ3n) is 4.27. The van der Waals surface area contributed by atoms with Crippen molar-refractivity contribution in [3.63, 3.8) is 0 Å². The predicted octanol–water partition coefficient (Wildman–Crippen LogP) is 4.43. The van der Waals surface area contributed by atoms with Gasteiger partial charge in [-0.1, -0.05) is 30.3 Å². The van der Waals surface area contributed by atoms with Crippen molar-refractivity contribution in [1.82, 2.24) is 4.90 Å². The second-order valence-corrected chi connectivity index (χ2v) is 6.98. The number of halogens is 1. The summed E-state index contributed by atoms with van der Waals surface area (Å²) in [5.41, 5.74) is 2.34. The summed E-state index contributed by atoms with van der Waals surface area (Å²) in [6, 6.07) is 16.0. The van der Waals surface area contributed by atoms with Gasteiger partial charge in [-0.15, -0.1) is 0 Å². The monoisotopic (exact) mass is 389 g/mol. The Kier molecular flexibility index (Phi) is 5.48. The van der Waals surface area contributed by atoms with Crippen LogP contribution in [0.5, 0.6) is 0 Å². The summed E-state index contributed by atoms with van der Waals surface area (Å²) in [5, 5.41) is 14.4. The van der Waals surface area contributed by atoms with E-state index in [-0.39, 0.29) is 10.6 Å². The van der Waals surface area contributed by atoms with Crippen LogP contribution >= 0.6 is 15.9 Å². The number of nitrogens with one attached hydrogen (secondary N) is 1. The first-order chi connectivity index (χ1) is 11.6. The van der Waals surface area contributed by atoms with Crippen LogP contribution in [0.3, 0.4) is 0 Å². The van der Waals surface area contributed by atoms with Gasteiger partial charge in [-0.05, 0) is 53.0 Å². The summed E-state index contributed by atoms with van der Waals surface area (Å²) in [5.74, 6) is 0. The van der Waals surface area contributed by atoms with E-state index in [1.54, 1.807) is 12.1 Å². The van der Waals surface area contributed by atoms with Crippen LogP contribution in [0.15, 0.2) is 53.0 Å². The second kappa shape index (κ2) is 7.77. The number of nitro benzene ring substituents is 1. The van der Waals surface area contributed by atoms with Crippen molar-refractivity contribution in [3.8, 4) is 0 Å². The fourth-order valence-corrected chi connectivity index (χ4v) is 3.66. The lowest BCUT2D eigenvalue weighted by atomic mass is 10.0. The molecule has 1 N–H and O–H groups in total. The summed E-state index contributed by atoms with van der Waals surface area (Å²) >= 11 is 3.28. The average Bonchev–Trinajstić information content (AvgIpc) is 2.56. The molecule has 6 heteroatoms. The molecular formula is C18H20BrN3O2. The first-order valence-electron chi connectivity index (χ1n) is 8.08. The largest absolute Gasteiger partial charge is 0.381 e. The fraction of sp³-hybridized carbons (Fsp3) is 0.333. The number of piperidine rings is 1. The molecule has 0 amide bonds. The maximum Gasteiger partial charge on any atom is 0.283 e. The standard InChI is InChI=1S/C18H20BrN3O2/c19-17-11-15(8-9-18(17)22(23)24)20-16-7-4-10-21(13-16)12-14-5-2-1-3-6-14/h1-3,5-6,8-9,11,16,20H,4,7,10,12-13H2. The van der Waals surface area contributed by atoms with Gasteiger partial charge >= 0.3 is 0 Å². The quantitative estimate of drug-likeness (QED) is 0.606. The van der Waals surface area contributed by atoms with Crippen molar-refractivity contribution in [2.75, 3.05) is 18.4 Å². The van der Waals surface area contributed by atoms with E-state index >= 15 is 0 Å². The number of nitro groups is 1. The van der Waals surface area contributed by atoms with Crippen molar-refractivity contribution in [2.45, 2.75) is 25.4 Å². The Balaban J connectivity index is 1.61. The fourth-order valence-electron chi connectivity index (χ4n) is 3.14. The first kappa shape index (κ1) is 16.9. The van der Waals surface area contributed by atoms with Crippen LogP contribution in [-0.2, 0) is 6.54 Å². The minimum Gasteiger partial charge on any atom is -0.381 e. The van der Waals surface area contributed by atoms with Crippen molar-refractivity contribution >= 4 is 27.3 Å². The van der Waals surface area contributed by atoms with Gasteiger partial charge in [0.05, 0.1) is 9.40 Å². The SMILES string of the molecule is O=[N+]([O-])c1ccc(NC2CCCN(Cc3ccccc3)C2)cc1Br. The van der Waals surface area contributed by atoms with Crippen LogP contribution < -0.4 is 5.32 Å². The van der Waals surface area contributed by atoms with Gasteiger partial charge in [-0.2, -0.15) is 0 Å². The third kappa shape index (κ3) is 4.33. The van der Waals surface area contributed by atoms with Crippen molar-refractivity contribution in [1.29, 1.82) is 0 Å². The highest BCUT2D eigenvalue weighted by atomic mass is 79.9. The maximum atomic E-state index is 10.9. The van der Waals surface area contributed by atoms with Crippen molar-refractivity contribution in [3.05, 3.63) is 68.7 Å². The lowest BCUT2D eigenvalue weighted by molar-refractivity contribution is -0.385. The first-order valence-corrected chi connectivity index (χ1v) is 8.88. The topological polar surface area (TPSA) is 58.4 Å². The Morgan fingerprint density at radius 3 is 2.75 bits per heavy atom. The molecule has 1 atom stereocenters. The molecule has 0 aliphatic carbocycles. The van der Waals surface area contributed by atoms with Crippen LogP contribution in [0, 0.1) is 10.1 Å². The van der Waals surface area contributed by atoms with E-state index < -0.39 is 0 Å². The van der Waals surface area contributed by atoms with Gasteiger partial charge in [0.15, 0.2) is 0 Å². The molecule has 1 unspecified atom stereocenters. The number of rotatable bonds is 5. The van der Waals surface area contributed by atoms with Crippen LogP contribution in [0.4, 0.5) is 11.4 Å². The molecule has 3 rings (SSSR count). The number of benzene rings is 2. The number of likely N-dealkylation sites (tertiary alicyclic amines) is 1. The average molecular weight is 390 g/mol. The van der Waals surface area contributed by atoms with E-state index in [4.69, 9.17) is 0 Å². The predicted molar refractivity (Wildman–Crippen MR) is 99.2 cm³/mol. The molecule has 0 aromatic heterocycles. The van der Waals surface area contributed by atoms with E-state index in [0.29, 0.717) is 10.5 Å². The Morgan fingerprint density at radius 1 is 1.25 bits per heavy atom. The molecule has 0 saturated carbocycles. The normalized spacial score (nSPS) is 18.3. The molecule has 0 bridgehead atoms. The Labute approximate surface area is 150 Å². The van der Waals surface area contributed by atoms with E-state index in [9.17, 15) is 10.1 Å². The molecule has 0 spiro atoms. The van der Waals surface area contributed by atoms with Crippen molar-refractivity contribution < 1.29 is 4.92 Å². The van der Waals surface area contributed by atoms with Gasteiger partial charge < -0.3 is 5.32 Å². The third-order valence-corrected chi connectivity index (χ3v) is 4.90. The highest BCUT2D eigenvalue weighted by Gasteiger charge is 2.20. The van der Waals surface area contributed by atoms with Gasteiger partial charge in [0.1, 0.15) is 0 Å². The lowest BCUT2D eigenvalue weighted by Gasteiger charge is -2.33. The molecule has 126 valence electrons. The molecule has 2 aromatic carbocycles. The molecular weight excluding hydrogens is 370 g/mol. The van der Waals surface area contributed by atoms with E-state index in [1.807, 2.05) is 6.07 Å². The summed E-state index contributed by atoms with van der Waals surface area (Å²) in [6.45, 7) is 3.05. The molecule has 24 heavy (non-hydrogen) atoms. The van der Waals surface area contributed by atoms with E-state index in [1.165, 1.54) is 11.6 Å². The smallest absolute Gasteiger partial charge is 0.283 e. The molecule has 1 aliphatic heterocycles. The zero-order valence-electron chi connectivity index (χ0n) is 13.3. The molecule has 1 saturated heterocycles. The minimum absolute atomic E-state index is 0.0925. The summed E-state index contributed by atoms with van der Waals surface area (Å²) in [7, 11) is 0. The molecule has 0 radical (unpaired) electrons. The van der Waals surface area contributed by atoms with Crippen LogP contribution in [0.2, 0.25) is 0 Å². The van der Waals surface area contributed by atoms with Gasteiger partial charge in [0.25, 0.3) is 5.69 Å². The number of anilines is 1. The number of hydrogen-bond donors (Lipinski definition) is 1. The maximum absolute atomic E-state index is 10.9. The molecule has 1 aliphatic rings. The highest BCUT2D eigenvalue weighted by Crippen LogP contribution is 2.28. The van der Waals surface area contributed by atoms with Crippen molar-refractivity contribution in [2.24, 2.45) is 0 Å². The van der Waals surface area contributed by atoms with E-state index in [2.05, 4.69) is 50.4 Å². The Hall–Kier alpha value is -1.92. The number of nitrogens with zero attached hydrogens (tertiary/aromatic N) is 2. The lowest BCUT2D eigenvalue weighted by Crippen LogP contribution is -2.41.